The van der Waals surface area contributed by atoms with Crippen LogP contribution in [0.4, 0.5) is 8.78 Å². The molecule has 0 unspecified atom stereocenters. The Balaban J connectivity index is 1.73. The van der Waals surface area contributed by atoms with Crippen molar-refractivity contribution in [3.63, 3.8) is 0 Å². The molecule has 5 nitrogen and oxygen atoms in total. The van der Waals surface area contributed by atoms with E-state index >= 15 is 0 Å². The molecule has 1 saturated heterocycles. The van der Waals surface area contributed by atoms with Gasteiger partial charge in [-0.3, -0.25) is 14.5 Å². The highest BCUT2D eigenvalue weighted by Crippen LogP contribution is 2.21. The number of nitrogens with zero attached hydrogens (tertiary/aromatic N) is 2. The molecule has 0 aliphatic carbocycles. The van der Waals surface area contributed by atoms with Gasteiger partial charge >= 0.3 is 5.97 Å². The van der Waals surface area contributed by atoms with Crippen LogP contribution in [0.25, 0.3) is 10.9 Å². The minimum absolute atomic E-state index is 0.0568. The topological polar surface area (TPSA) is 51.5 Å². The number of benzene rings is 2. The van der Waals surface area contributed by atoms with E-state index in [-0.39, 0.29) is 37.0 Å². The van der Waals surface area contributed by atoms with Crippen molar-refractivity contribution in [3.05, 3.63) is 81.1 Å². The number of fused-ring (bicyclic) bond motifs is 1. The maximum Gasteiger partial charge on any atom is 0.325 e. The van der Waals surface area contributed by atoms with Gasteiger partial charge in [0.1, 0.15) is 6.54 Å². The second kappa shape index (κ2) is 10.3. The van der Waals surface area contributed by atoms with Crippen LogP contribution >= 0.6 is 0 Å². The predicted molar refractivity (Wildman–Crippen MR) is 123 cm³/mol. The molecule has 1 aromatic heterocycles. The first-order valence-electron chi connectivity index (χ1n) is 11.4. The molecule has 2 heterocycles. The van der Waals surface area contributed by atoms with Crippen LogP contribution < -0.4 is 5.43 Å². The van der Waals surface area contributed by atoms with Crippen LogP contribution in [-0.2, 0) is 35.5 Å². The number of aryl methyl sites for hydroxylation is 2. The molecule has 1 fully saturated rings. The van der Waals surface area contributed by atoms with Gasteiger partial charge in [0.25, 0.3) is 0 Å². The molecule has 174 valence electrons. The van der Waals surface area contributed by atoms with E-state index in [9.17, 15) is 18.4 Å². The van der Waals surface area contributed by atoms with Gasteiger partial charge in [-0.1, -0.05) is 18.2 Å². The first kappa shape index (κ1) is 23.1. The Hall–Kier alpha value is -3.06. The highest BCUT2D eigenvalue weighted by atomic mass is 19.2. The Bertz CT molecular complexity index is 1220. The van der Waals surface area contributed by atoms with E-state index in [2.05, 4.69) is 4.90 Å². The van der Waals surface area contributed by atoms with Crippen LogP contribution in [0, 0.1) is 11.6 Å². The number of likely N-dealkylation sites (tertiary alicyclic amines) is 1. The van der Waals surface area contributed by atoms with Gasteiger partial charge in [-0.05, 0) is 75.0 Å². The lowest BCUT2D eigenvalue weighted by Gasteiger charge is -2.19. The zero-order valence-corrected chi connectivity index (χ0v) is 18.8. The lowest BCUT2D eigenvalue weighted by molar-refractivity contribution is -0.143. The van der Waals surface area contributed by atoms with Crippen molar-refractivity contribution in [3.8, 4) is 0 Å². The summed E-state index contributed by atoms with van der Waals surface area (Å²) in [7, 11) is 0. The van der Waals surface area contributed by atoms with Crippen LogP contribution in [-0.4, -0.2) is 35.1 Å². The molecule has 0 N–H and O–H groups in total. The van der Waals surface area contributed by atoms with Crippen LogP contribution in [0.1, 0.15) is 36.6 Å². The number of hydrogen-bond donors (Lipinski definition) is 0. The van der Waals surface area contributed by atoms with Gasteiger partial charge in [0.2, 0.25) is 0 Å². The first-order chi connectivity index (χ1) is 16.0. The molecule has 0 amide bonds. The lowest BCUT2D eigenvalue weighted by atomic mass is 10.0. The Kier molecular flexibility index (Phi) is 7.18. The predicted octanol–water partition coefficient (Wildman–Crippen LogP) is 4.22. The largest absolute Gasteiger partial charge is 0.465 e. The summed E-state index contributed by atoms with van der Waals surface area (Å²) in [4.78, 5) is 27.6. The molecule has 0 spiro atoms. The zero-order chi connectivity index (χ0) is 23.4. The molecule has 3 aromatic rings. The monoisotopic (exact) mass is 454 g/mol. The Morgan fingerprint density at radius 3 is 2.61 bits per heavy atom. The van der Waals surface area contributed by atoms with Gasteiger partial charge in [-0.15, -0.1) is 0 Å². The standard InChI is InChI=1S/C26H28F2N2O3/c1-2-33-25(32)17-30-20(10-9-19-6-5-7-22(27)26(19)28)15-24(31)21-11-8-18(14-23(21)30)16-29-12-3-4-13-29/h5-8,11,14-15H,2-4,9-10,12-13,16-17H2,1H3. The van der Waals surface area contributed by atoms with Crippen LogP contribution in [0.3, 0.4) is 0 Å². The number of halogens is 2. The van der Waals surface area contributed by atoms with Crippen molar-refractivity contribution < 1.29 is 18.3 Å². The highest BCUT2D eigenvalue weighted by molar-refractivity contribution is 5.82. The van der Waals surface area contributed by atoms with Crippen molar-refractivity contribution in [1.82, 2.24) is 9.47 Å². The van der Waals surface area contributed by atoms with Crippen molar-refractivity contribution >= 4 is 16.9 Å². The summed E-state index contributed by atoms with van der Waals surface area (Å²) in [6.07, 6.45) is 2.84. The van der Waals surface area contributed by atoms with Crippen LogP contribution in [0.15, 0.2) is 47.3 Å². The highest BCUT2D eigenvalue weighted by Gasteiger charge is 2.17. The van der Waals surface area contributed by atoms with E-state index < -0.39 is 17.6 Å². The summed E-state index contributed by atoms with van der Waals surface area (Å²) in [6, 6.07) is 11.3. The minimum Gasteiger partial charge on any atom is -0.465 e. The quantitative estimate of drug-likeness (QED) is 0.478. The minimum atomic E-state index is -0.901. The number of esters is 1. The van der Waals surface area contributed by atoms with Crippen molar-refractivity contribution in [2.75, 3.05) is 19.7 Å². The fraction of sp³-hybridized carbons (Fsp3) is 0.385. The third kappa shape index (κ3) is 5.30. The van der Waals surface area contributed by atoms with E-state index in [1.165, 1.54) is 31.0 Å². The van der Waals surface area contributed by atoms with E-state index in [0.717, 1.165) is 31.3 Å². The van der Waals surface area contributed by atoms with Crippen molar-refractivity contribution in [2.45, 2.75) is 45.7 Å². The number of aromatic nitrogens is 1. The van der Waals surface area contributed by atoms with Gasteiger partial charge in [0, 0.05) is 23.7 Å². The molecule has 1 aliphatic rings. The fourth-order valence-corrected chi connectivity index (χ4v) is 4.50. The summed E-state index contributed by atoms with van der Waals surface area (Å²) in [6.45, 7) is 4.81. The molecule has 7 heteroatoms. The van der Waals surface area contributed by atoms with Crippen LogP contribution in [0.5, 0.6) is 0 Å². The Morgan fingerprint density at radius 1 is 1.06 bits per heavy atom. The SMILES string of the molecule is CCOC(=O)Cn1c(CCc2cccc(F)c2F)cc(=O)c2ccc(CN3CCCC3)cc21. The third-order valence-electron chi connectivity index (χ3n) is 6.14. The number of carbonyl (C=O) groups is 1. The Morgan fingerprint density at radius 2 is 1.85 bits per heavy atom. The lowest BCUT2D eigenvalue weighted by Crippen LogP contribution is -2.22. The maximum atomic E-state index is 14.2. The number of pyridine rings is 1. The van der Waals surface area contributed by atoms with Gasteiger partial charge in [-0.2, -0.15) is 0 Å². The molecule has 0 bridgehead atoms. The fourth-order valence-electron chi connectivity index (χ4n) is 4.50. The van der Waals surface area contributed by atoms with Gasteiger partial charge < -0.3 is 9.30 Å². The molecule has 0 atom stereocenters. The average Bonchev–Trinajstić information content (AvgIpc) is 3.30. The number of ether oxygens (including phenoxy) is 1. The maximum absolute atomic E-state index is 14.2. The number of carbonyl (C=O) groups excluding carboxylic acids is 1. The molecule has 0 radical (unpaired) electrons. The molecule has 4 rings (SSSR count). The summed E-state index contributed by atoms with van der Waals surface area (Å²) in [5.41, 5.74) is 2.37. The van der Waals surface area contributed by atoms with Crippen LogP contribution in [0.2, 0.25) is 0 Å². The third-order valence-corrected chi connectivity index (χ3v) is 6.14. The van der Waals surface area contributed by atoms with Gasteiger partial charge in [-0.25, -0.2) is 8.78 Å². The second-order valence-electron chi connectivity index (χ2n) is 8.44. The normalized spacial score (nSPS) is 14.2. The van der Waals surface area contributed by atoms with E-state index in [1.54, 1.807) is 17.6 Å². The molecule has 1 aliphatic heterocycles. The first-order valence-corrected chi connectivity index (χ1v) is 11.4. The molecule has 0 saturated carbocycles. The summed E-state index contributed by atoms with van der Waals surface area (Å²) < 4.78 is 34.7. The van der Waals surface area contributed by atoms with Gasteiger partial charge in [0.05, 0.1) is 12.1 Å². The van der Waals surface area contributed by atoms with E-state index in [4.69, 9.17) is 4.74 Å². The van der Waals surface area contributed by atoms with E-state index in [0.29, 0.717) is 16.6 Å². The summed E-state index contributed by atoms with van der Waals surface area (Å²) in [5, 5.41) is 0.519. The zero-order valence-electron chi connectivity index (χ0n) is 18.8. The molecule has 33 heavy (non-hydrogen) atoms. The van der Waals surface area contributed by atoms with Crippen molar-refractivity contribution in [2.24, 2.45) is 0 Å². The number of rotatable bonds is 8. The van der Waals surface area contributed by atoms with E-state index in [1.807, 2.05) is 12.1 Å². The summed E-state index contributed by atoms with van der Waals surface area (Å²) in [5.74, 6) is -2.20. The Labute approximate surface area is 191 Å². The number of hydrogen-bond acceptors (Lipinski definition) is 4. The molecule has 2 aromatic carbocycles. The molecular formula is C26H28F2N2O3. The van der Waals surface area contributed by atoms with Gasteiger partial charge in [0.15, 0.2) is 17.1 Å². The molecular weight excluding hydrogens is 426 g/mol. The average molecular weight is 455 g/mol. The summed E-state index contributed by atoms with van der Waals surface area (Å²) >= 11 is 0. The smallest absolute Gasteiger partial charge is 0.325 e. The van der Waals surface area contributed by atoms with Crippen molar-refractivity contribution in [1.29, 1.82) is 0 Å². The second-order valence-corrected chi connectivity index (χ2v) is 8.44.